The van der Waals surface area contributed by atoms with Gasteiger partial charge in [-0.2, -0.15) is 0 Å². The molecule has 5 rings (SSSR count). The molecule has 2 aromatic carbocycles. The number of ether oxygens (including phenoxy) is 2. The van der Waals surface area contributed by atoms with Crippen LogP contribution in [0.4, 0.5) is 4.79 Å². The number of aromatic nitrogens is 1. The number of carbonyl (C=O) groups is 1. The number of thiazole rings is 1. The molecule has 1 N–H and O–H groups in total. The molecule has 3 aromatic rings. The molecule has 1 fully saturated rings. The minimum atomic E-state index is -0.182. The van der Waals surface area contributed by atoms with Crippen molar-refractivity contribution in [1.29, 1.82) is 0 Å². The lowest BCUT2D eigenvalue weighted by atomic mass is 9.99. The molecule has 0 radical (unpaired) electrons. The third kappa shape index (κ3) is 3.87. The molecule has 2 aliphatic heterocycles. The highest BCUT2D eigenvalue weighted by Crippen LogP contribution is 2.33. The van der Waals surface area contributed by atoms with Gasteiger partial charge in [-0.05, 0) is 37.1 Å². The number of hydrogen-bond donors (Lipinski definition) is 1. The topological polar surface area (TPSA) is 63.7 Å². The third-order valence-corrected chi connectivity index (χ3v) is 6.62. The van der Waals surface area contributed by atoms with Crippen molar-refractivity contribution in [3.05, 3.63) is 53.5 Å². The lowest BCUT2D eigenvalue weighted by molar-refractivity contribution is 0.0894. The summed E-state index contributed by atoms with van der Waals surface area (Å²) >= 11 is 1.74. The fourth-order valence-corrected chi connectivity index (χ4v) is 5.00. The van der Waals surface area contributed by atoms with Gasteiger partial charge in [0, 0.05) is 19.0 Å². The van der Waals surface area contributed by atoms with E-state index in [1.165, 1.54) is 4.70 Å². The number of piperidine rings is 1. The van der Waals surface area contributed by atoms with Crippen molar-refractivity contribution in [1.82, 2.24) is 15.2 Å². The second-order valence-electron chi connectivity index (χ2n) is 7.49. The van der Waals surface area contributed by atoms with Gasteiger partial charge in [0.15, 0.2) is 17.6 Å². The van der Waals surface area contributed by atoms with Gasteiger partial charge in [-0.15, -0.1) is 11.3 Å². The van der Waals surface area contributed by atoms with Crippen LogP contribution in [0.15, 0.2) is 48.5 Å². The van der Waals surface area contributed by atoms with Crippen molar-refractivity contribution in [2.75, 3.05) is 26.2 Å². The number of urea groups is 1. The predicted molar refractivity (Wildman–Crippen MR) is 113 cm³/mol. The first-order chi connectivity index (χ1) is 14.3. The average Bonchev–Trinajstić information content (AvgIpc) is 3.22. The van der Waals surface area contributed by atoms with Crippen LogP contribution in [0.3, 0.4) is 0 Å². The van der Waals surface area contributed by atoms with E-state index in [-0.39, 0.29) is 12.1 Å². The molecule has 0 spiro atoms. The summed E-state index contributed by atoms with van der Waals surface area (Å²) in [7, 11) is 0. The first kappa shape index (κ1) is 18.2. The summed E-state index contributed by atoms with van der Waals surface area (Å²) in [5, 5.41) is 4.15. The van der Waals surface area contributed by atoms with Gasteiger partial charge in [0.05, 0.1) is 21.8 Å². The van der Waals surface area contributed by atoms with E-state index in [4.69, 9.17) is 14.5 Å². The third-order valence-electron chi connectivity index (χ3n) is 5.42. The number of hydrogen-bond acceptors (Lipinski definition) is 5. The Kier molecular flexibility index (Phi) is 4.97. The smallest absolute Gasteiger partial charge is 0.317 e. The summed E-state index contributed by atoms with van der Waals surface area (Å²) in [4.78, 5) is 19.4. The first-order valence-corrected chi connectivity index (χ1v) is 10.8. The lowest BCUT2D eigenvalue weighted by Crippen LogP contribution is -2.48. The second kappa shape index (κ2) is 7.91. The number of benzene rings is 2. The van der Waals surface area contributed by atoms with Crippen LogP contribution in [0.5, 0.6) is 11.5 Å². The average molecular weight is 410 g/mol. The highest BCUT2D eigenvalue weighted by Gasteiger charge is 2.28. The first-order valence-electron chi connectivity index (χ1n) is 10.0. The Bertz CT molecular complexity index is 988. The molecule has 3 heterocycles. The molecule has 1 aromatic heterocycles. The summed E-state index contributed by atoms with van der Waals surface area (Å²) in [6.07, 6.45) is 1.88. The molecule has 0 bridgehead atoms. The summed E-state index contributed by atoms with van der Waals surface area (Å²) < 4.78 is 12.9. The van der Waals surface area contributed by atoms with Crippen LogP contribution in [0, 0.1) is 0 Å². The Morgan fingerprint density at radius 3 is 2.90 bits per heavy atom. The Labute approximate surface area is 173 Å². The molecule has 7 heteroatoms. The molecule has 0 aliphatic carbocycles. The number of likely N-dealkylation sites (tertiary alicyclic amines) is 1. The molecule has 0 saturated carbocycles. The number of nitrogens with one attached hydrogen (secondary N) is 1. The van der Waals surface area contributed by atoms with Crippen LogP contribution < -0.4 is 14.8 Å². The summed E-state index contributed by atoms with van der Waals surface area (Å²) in [5.41, 5.74) is 1.05. The normalized spacial score (nSPS) is 21.2. The zero-order valence-electron chi connectivity index (χ0n) is 16.0. The van der Waals surface area contributed by atoms with Crippen LogP contribution in [0.25, 0.3) is 10.2 Å². The van der Waals surface area contributed by atoms with Gasteiger partial charge in [-0.25, -0.2) is 9.78 Å². The summed E-state index contributed by atoms with van der Waals surface area (Å²) in [5.74, 6) is 1.78. The van der Waals surface area contributed by atoms with Gasteiger partial charge in [-0.1, -0.05) is 24.3 Å². The minimum Gasteiger partial charge on any atom is -0.486 e. The van der Waals surface area contributed by atoms with Crippen molar-refractivity contribution >= 4 is 27.6 Å². The van der Waals surface area contributed by atoms with Gasteiger partial charge in [0.1, 0.15) is 6.61 Å². The van der Waals surface area contributed by atoms with Crippen LogP contribution in [0.2, 0.25) is 0 Å². The van der Waals surface area contributed by atoms with E-state index in [0.717, 1.165) is 41.4 Å². The zero-order valence-corrected chi connectivity index (χ0v) is 16.9. The van der Waals surface area contributed by atoms with Crippen LogP contribution in [-0.2, 0) is 0 Å². The Hall–Kier alpha value is -2.80. The predicted octanol–water partition coefficient (Wildman–Crippen LogP) is 4.03. The fraction of sp³-hybridized carbons (Fsp3) is 0.364. The second-order valence-corrected chi connectivity index (χ2v) is 8.55. The van der Waals surface area contributed by atoms with E-state index in [0.29, 0.717) is 25.6 Å². The molecule has 1 saturated heterocycles. The number of fused-ring (bicyclic) bond motifs is 2. The van der Waals surface area contributed by atoms with E-state index in [1.54, 1.807) is 11.3 Å². The van der Waals surface area contributed by atoms with Crippen molar-refractivity contribution < 1.29 is 14.3 Å². The van der Waals surface area contributed by atoms with Crippen LogP contribution in [-0.4, -0.2) is 48.3 Å². The Morgan fingerprint density at radius 1 is 1.17 bits per heavy atom. The number of nitrogens with zero attached hydrogens (tertiary/aromatic N) is 2. The molecule has 2 aliphatic rings. The van der Waals surface area contributed by atoms with Gasteiger partial charge < -0.3 is 19.7 Å². The van der Waals surface area contributed by atoms with E-state index in [9.17, 15) is 4.79 Å². The molecule has 29 heavy (non-hydrogen) atoms. The molecule has 6 nitrogen and oxygen atoms in total. The van der Waals surface area contributed by atoms with Gasteiger partial charge in [0.25, 0.3) is 0 Å². The van der Waals surface area contributed by atoms with Gasteiger partial charge in [-0.3, -0.25) is 0 Å². The summed E-state index contributed by atoms with van der Waals surface area (Å²) in [6.45, 7) is 2.34. The Morgan fingerprint density at radius 2 is 2.00 bits per heavy atom. The summed E-state index contributed by atoms with van der Waals surface area (Å²) in [6, 6.07) is 15.8. The van der Waals surface area contributed by atoms with E-state index < -0.39 is 0 Å². The Balaban J connectivity index is 1.18. The SMILES string of the molecule is O=C(NC[C@@H]1COc2ccccc2O1)N1CCC[C@@H](c2nc3ccccc3s2)C1. The van der Waals surface area contributed by atoms with Gasteiger partial charge >= 0.3 is 6.03 Å². The van der Waals surface area contributed by atoms with Crippen molar-refractivity contribution in [3.63, 3.8) is 0 Å². The van der Waals surface area contributed by atoms with Crippen molar-refractivity contribution in [2.45, 2.75) is 24.9 Å². The lowest BCUT2D eigenvalue weighted by Gasteiger charge is -2.33. The van der Waals surface area contributed by atoms with Crippen molar-refractivity contribution in [3.8, 4) is 11.5 Å². The molecule has 2 atom stereocenters. The largest absolute Gasteiger partial charge is 0.486 e. The van der Waals surface area contributed by atoms with Gasteiger partial charge in [0.2, 0.25) is 0 Å². The number of rotatable bonds is 3. The molecular weight excluding hydrogens is 386 g/mol. The highest BCUT2D eigenvalue weighted by molar-refractivity contribution is 7.18. The molecule has 2 amide bonds. The maximum atomic E-state index is 12.7. The molecular formula is C22H23N3O3S. The number of amides is 2. The minimum absolute atomic E-state index is 0.0433. The number of carbonyl (C=O) groups excluding carboxylic acids is 1. The highest BCUT2D eigenvalue weighted by atomic mass is 32.1. The van der Waals surface area contributed by atoms with Crippen LogP contribution >= 0.6 is 11.3 Å². The van der Waals surface area contributed by atoms with E-state index in [1.807, 2.05) is 47.4 Å². The standard InChI is InChI=1S/C22H23N3O3S/c26-22(23-12-16-14-27-18-8-2-3-9-19(18)28-16)25-11-5-6-15(13-25)21-24-17-7-1-4-10-20(17)29-21/h1-4,7-10,15-16H,5-6,11-14H2,(H,23,26)/t15-,16-/m1/s1. The van der Waals surface area contributed by atoms with E-state index >= 15 is 0 Å². The maximum Gasteiger partial charge on any atom is 0.317 e. The quantitative estimate of drug-likeness (QED) is 0.710. The molecule has 0 unspecified atom stereocenters. The molecule has 150 valence electrons. The van der Waals surface area contributed by atoms with Crippen molar-refractivity contribution in [2.24, 2.45) is 0 Å². The van der Waals surface area contributed by atoms with E-state index in [2.05, 4.69) is 11.4 Å². The fourth-order valence-electron chi connectivity index (χ4n) is 3.90. The number of para-hydroxylation sites is 3. The maximum absolute atomic E-state index is 12.7. The monoisotopic (exact) mass is 409 g/mol. The zero-order chi connectivity index (χ0) is 19.6. The van der Waals surface area contributed by atoms with Crippen LogP contribution in [0.1, 0.15) is 23.8 Å².